The second kappa shape index (κ2) is 8.44. The minimum atomic E-state index is -0.178. The molecule has 0 saturated heterocycles. The fourth-order valence-corrected chi connectivity index (χ4v) is 2.02. The van der Waals surface area contributed by atoms with E-state index in [0.717, 1.165) is 11.3 Å². The molecular weight excluding hydrogens is 314 g/mol. The number of ether oxygens (including phenoxy) is 2. The minimum Gasteiger partial charge on any atom is -0.492 e. The Morgan fingerprint density at radius 1 is 1.00 bits per heavy atom. The Labute approximate surface area is 141 Å². The summed E-state index contributed by atoms with van der Waals surface area (Å²) >= 11 is 5.79. The minimum absolute atomic E-state index is 0.0105. The Balaban J connectivity index is 1.65. The lowest BCUT2D eigenvalue weighted by atomic mass is 10.1. The Kier molecular flexibility index (Phi) is 6.29. The van der Waals surface area contributed by atoms with Gasteiger partial charge in [-0.05, 0) is 61.4 Å². The lowest BCUT2D eigenvalue weighted by molar-refractivity contribution is -0.123. The molecule has 0 aliphatic carbocycles. The number of hydrogen-bond acceptors (Lipinski definition) is 3. The van der Waals surface area contributed by atoms with Crippen molar-refractivity contribution in [1.82, 2.24) is 5.32 Å². The van der Waals surface area contributed by atoms with Gasteiger partial charge in [-0.3, -0.25) is 4.79 Å². The predicted molar refractivity (Wildman–Crippen MR) is 91.4 cm³/mol. The van der Waals surface area contributed by atoms with Crippen LogP contribution in [0.4, 0.5) is 0 Å². The summed E-state index contributed by atoms with van der Waals surface area (Å²) in [6.45, 7) is 4.83. The van der Waals surface area contributed by atoms with E-state index in [1.165, 1.54) is 5.56 Å². The standard InChI is InChI=1S/C18H20ClNO3/c1-13-3-6-17(11-14(13)2)23-12-18(21)20-9-10-22-16-7-4-15(19)5-8-16/h3-8,11H,9-10,12H2,1-2H3,(H,20,21). The molecular formula is C18H20ClNO3. The molecule has 0 aliphatic heterocycles. The maximum Gasteiger partial charge on any atom is 0.258 e. The fraction of sp³-hybridized carbons (Fsp3) is 0.278. The Morgan fingerprint density at radius 3 is 2.39 bits per heavy atom. The largest absolute Gasteiger partial charge is 0.492 e. The van der Waals surface area contributed by atoms with E-state index >= 15 is 0 Å². The zero-order valence-corrected chi connectivity index (χ0v) is 14.0. The second-order valence-electron chi connectivity index (χ2n) is 5.19. The third-order valence-corrected chi connectivity index (χ3v) is 3.61. The van der Waals surface area contributed by atoms with Crippen molar-refractivity contribution in [3.8, 4) is 11.5 Å². The molecule has 1 amide bonds. The highest BCUT2D eigenvalue weighted by atomic mass is 35.5. The van der Waals surface area contributed by atoms with Crippen LogP contribution in [0, 0.1) is 13.8 Å². The first-order valence-electron chi connectivity index (χ1n) is 7.40. The summed E-state index contributed by atoms with van der Waals surface area (Å²) < 4.78 is 11.0. The van der Waals surface area contributed by atoms with Gasteiger partial charge in [0.1, 0.15) is 18.1 Å². The van der Waals surface area contributed by atoms with E-state index in [9.17, 15) is 4.79 Å². The number of nitrogens with one attached hydrogen (secondary N) is 1. The van der Waals surface area contributed by atoms with E-state index < -0.39 is 0 Å². The van der Waals surface area contributed by atoms with Gasteiger partial charge >= 0.3 is 0 Å². The van der Waals surface area contributed by atoms with Crippen LogP contribution in [0.25, 0.3) is 0 Å². The van der Waals surface area contributed by atoms with Gasteiger partial charge in [0.25, 0.3) is 5.91 Å². The van der Waals surface area contributed by atoms with Crippen molar-refractivity contribution in [1.29, 1.82) is 0 Å². The lowest BCUT2D eigenvalue weighted by Crippen LogP contribution is -2.32. The van der Waals surface area contributed by atoms with Crippen molar-refractivity contribution in [3.63, 3.8) is 0 Å². The van der Waals surface area contributed by atoms with Crippen LogP contribution in [-0.2, 0) is 4.79 Å². The number of aryl methyl sites for hydroxylation is 2. The summed E-state index contributed by atoms with van der Waals surface area (Å²) in [5.41, 5.74) is 2.33. The first kappa shape index (κ1) is 17.2. The molecule has 0 radical (unpaired) electrons. The zero-order valence-electron chi connectivity index (χ0n) is 13.3. The number of hydrogen-bond donors (Lipinski definition) is 1. The average molecular weight is 334 g/mol. The van der Waals surface area contributed by atoms with Crippen LogP contribution in [0.3, 0.4) is 0 Å². The molecule has 0 unspecified atom stereocenters. The Bertz CT molecular complexity index is 656. The number of amides is 1. The van der Waals surface area contributed by atoms with E-state index in [4.69, 9.17) is 21.1 Å². The molecule has 4 nitrogen and oxygen atoms in total. The molecule has 2 aromatic carbocycles. The van der Waals surface area contributed by atoms with Gasteiger partial charge < -0.3 is 14.8 Å². The molecule has 0 heterocycles. The van der Waals surface area contributed by atoms with Crippen LogP contribution in [0.5, 0.6) is 11.5 Å². The van der Waals surface area contributed by atoms with E-state index in [0.29, 0.717) is 23.9 Å². The normalized spacial score (nSPS) is 10.2. The third-order valence-electron chi connectivity index (χ3n) is 3.35. The summed E-state index contributed by atoms with van der Waals surface area (Å²) in [6, 6.07) is 12.8. The van der Waals surface area contributed by atoms with Crippen molar-refractivity contribution >= 4 is 17.5 Å². The maximum absolute atomic E-state index is 11.7. The molecule has 0 atom stereocenters. The van der Waals surface area contributed by atoms with E-state index in [1.807, 2.05) is 32.0 Å². The highest BCUT2D eigenvalue weighted by Gasteiger charge is 2.03. The molecule has 0 aromatic heterocycles. The SMILES string of the molecule is Cc1ccc(OCC(=O)NCCOc2ccc(Cl)cc2)cc1C. The molecule has 2 rings (SSSR count). The number of carbonyl (C=O) groups is 1. The van der Waals surface area contributed by atoms with E-state index in [1.54, 1.807) is 24.3 Å². The van der Waals surface area contributed by atoms with Crippen molar-refractivity contribution in [3.05, 3.63) is 58.6 Å². The average Bonchev–Trinajstić information content (AvgIpc) is 2.54. The molecule has 5 heteroatoms. The molecule has 0 saturated carbocycles. The van der Waals surface area contributed by atoms with Gasteiger partial charge in [-0.15, -0.1) is 0 Å². The van der Waals surface area contributed by atoms with Gasteiger partial charge in [-0.25, -0.2) is 0 Å². The first-order chi connectivity index (χ1) is 11.0. The number of rotatable bonds is 7. The summed E-state index contributed by atoms with van der Waals surface area (Å²) in [7, 11) is 0. The topological polar surface area (TPSA) is 47.6 Å². The predicted octanol–water partition coefficient (Wildman–Crippen LogP) is 3.53. The molecule has 1 N–H and O–H groups in total. The fourth-order valence-electron chi connectivity index (χ4n) is 1.89. The molecule has 0 fully saturated rings. The lowest BCUT2D eigenvalue weighted by Gasteiger charge is -2.10. The second-order valence-corrected chi connectivity index (χ2v) is 5.62. The number of benzene rings is 2. The van der Waals surface area contributed by atoms with Crippen molar-refractivity contribution in [2.75, 3.05) is 19.8 Å². The summed E-state index contributed by atoms with van der Waals surface area (Å²) in [4.78, 5) is 11.7. The number of halogens is 1. The quantitative estimate of drug-likeness (QED) is 0.788. The van der Waals surface area contributed by atoms with Gasteiger partial charge in [0.15, 0.2) is 6.61 Å². The summed E-state index contributed by atoms with van der Waals surface area (Å²) in [5.74, 6) is 1.23. The van der Waals surface area contributed by atoms with Crippen molar-refractivity contribution < 1.29 is 14.3 Å². The van der Waals surface area contributed by atoms with Crippen molar-refractivity contribution in [2.45, 2.75) is 13.8 Å². The highest BCUT2D eigenvalue weighted by Crippen LogP contribution is 2.16. The van der Waals surface area contributed by atoms with Crippen LogP contribution in [0.1, 0.15) is 11.1 Å². The van der Waals surface area contributed by atoms with Crippen LogP contribution in [0.2, 0.25) is 5.02 Å². The van der Waals surface area contributed by atoms with Crippen LogP contribution in [0.15, 0.2) is 42.5 Å². The molecule has 0 spiro atoms. The first-order valence-corrected chi connectivity index (χ1v) is 7.77. The number of carbonyl (C=O) groups excluding carboxylic acids is 1. The molecule has 0 aliphatic rings. The van der Waals surface area contributed by atoms with E-state index in [-0.39, 0.29) is 12.5 Å². The van der Waals surface area contributed by atoms with Gasteiger partial charge in [0.2, 0.25) is 0 Å². The Hall–Kier alpha value is -2.20. The zero-order chi connectivity index (χ0) is 16.7. The summed E-state index contributed by atoms with van der Waals surface area (Å²) in [5, 5.41) is 3.41. The van der Waals surface area contributed by atoms with Gasteiger partial charge in [0.05, 0.1) is 6.54 Å². The monoisotopic (exact) mass is 333 g/mol. The maximum atomic E-state index is 11.7. The van der Waals surface area contributed by atoms with Gasteiger partial charge in [0, 0.05) is 5.02 Å². The molecule has 23 heavy (non-hydrogen) atoms. The van der Waals surface area contributed by atoms with Gasteiger partial charge in [-0.1, -0.05) is 17.7 Å². The van der Waals surface area contributed by atoms with Crippen molar-refractivity contribution in [2.24, 2.45) is 0 Å². The van der Waals surface area contributed by atoms with Crippen LogP contribution in [-0.4, -0.2) is 25.7 Å². The Morgan fingerprint density at radius 2 is 1.70 bits per heavy atom. The third kappa shape index (κ3) is 5.83. The molecule has 122 valence electrons. The molecule has 2 aromatic rings. The summed E-state index contributed by atoms with van der Waals surface area (Å²) in [6.07, 6.45) is 0. The van der Waals surface area contributed by atoms with Gasteiger partial charge in [-0.2, -0.15) is 0 Å². The molecule has 0 bridgehead atoms. The van der Waals surface area contributed by atoms with E-state index in [2.05, 4.69) is 5.32 Å². The van der Waals surface area contributed by atoms with Crippen LogP contribution < -0.4 is 14.8 Å². The highest BCUT2D eigenvalue weighted by molar-refractivity contribution is 6.30. The smallest absolute Gasteiger partial charge is 0.258 e. The van der Waals surface area contributed by atoms with Crippen LogP contribution >= 0.6 is 11.6 Å².